The highest BCUT2D eigenvalue weighted by atomic mass is 32.2. The quantitative estimate of drug-likeness (QED) is 0.752. The van der Waals surface area contributed by atoms with E-state index in [4.69, 9.17) is 4.18 Å². The van der Waals surface area contributed by atoms with E-state index in [2.05, 4.69) is 6.92 Å². The van der Waals surface area contributed by atoms with Crippen molar-refractivity contribution in [2.75, 3.05) is 6.61 Å². The lowest BCUT2D eigenvalue weighted by molar-refractivity contribution is -0.122. The average molecular weight is 324 g/mol. The van der Waals surface area contributed by atoms with E-state index in [1.807, 2.05) is 6.92 Å². The molecule has 1 aromatic carbocycles. The molecule has 22 heavy (non-hydrogen) atoms. The fourth-order valence-electron chi connectivity index (χ4n) is 2.83. The van der Waals surface area contributed by atoms with Gasteiger partial charge in [-0.05, 0) is 43.7 Å². The van der Waals surface area contributed by atoms with E-state index in [-0.39, 0.29) is 17.3 Å². The molecule has 1 aliphatic rings. The van der Waals surface area contributed by atoms with E-state index >= 15 is 0 Å². The lowest BCUT2D eigenvalue weighted by atomic mass is 9.81. The summed E-state index contributed by atoms with van der Waals surface area (Å²) in [6, 6.07) is 6.41. The number of ketones is 1. The van der Waals surface area contributed by atoms with Gasteiger partial charge in [0.25, 0.3) is 10.1 Å². The van der Waals surface area contributed by atoms with E-state index < -0.39 is 10.1 Å². The van der Waals surface area contributed by atoms with Gasteiger partial charge in [-0.15, -0.1) is 0 Å². The van der Waals surface area contributed by atoms with E-state index in [9.17, 15) is 13.2 Å². The highest BCUT2D eigenvalue weighted by molar-refractivity contribution is 7.86. The van der Waals surface area contributed by atoms with Gasteiger partial charge in [-0.25, -0.2) is 0 Å². The first-order valence-corrected chi connectivity index (χ1v) is 9.25. The molecule has 1 aromatic rings. The molecule has 1 fully saturated rings. The largest absolute Gasteiger partial charge is 0.297 e. The Hall–Kier alpha value is -1.20. The van der Waals surface area contributed by atoms with Crippen LogP contribution in [0.25, 0.3) is 0 Å². The normalized spacial score (nSPS) is 22.5. The minimum absolute atomic E-state index is 0.0948. The summed E-state index contributed by atoms with van der Waals surface area (Å²) in [5.74, 6) is 0.995. The maximum Gasteiger partial charge on any atom is 0.297 e. The lowest BCUT2D eigenvalue weighted by Gasteiger charge is -2.25. The van der Waals surface area contributed by atoms with Gasteiger partial charge in [0.05, 0.1) is 4.90 Å². The second-order valence-corrected chi connectivity index (χ2v) is 8.01. The molecule has 1 aliphatic carbocycles. The van der Waals surface area contributed by atoms with Crippen molar-refractivity contribution in [3.8, 4) is 0 Å². The van der Waals surface area contributed by atoms with Crippen LogP contribution in [-0.2, 0) is 19.1 Å². The van der Waals surface area contributed by atoms with E-state index in [1.54, 1.807) is 12.1 Å². The zero-order chi connectivity index (χ0) is 16.2. The molecule has 1 saturated carbocycles. The zero-order valence-corrected chi connectivity index (χ0v) is 14.1. The van der Waals surface area contributed by atoms with Crippen LogP contribution in [-0.4, -0.2) is 20.8 Å². The molecular formula is C17H24O4S. The van der Waals surface area contributed by atoms with Gasteiger partial charge in [0.15, 0.2) is 5.78 Å². The predicted octanol–water partition coefficient (Wildman–Crippen LogP) is 3.49. The van der Waals surface area contributed by atoms with Crippen LogP contribution in [0.3, 0.4) is 0 Å². The standard InChI is InChI=1S/C17H24O4S/c1-13-3-7-15(8-4-13)11-16(18)12-21-22(19,20)17-9-5-14(2)6-10-17/h5-6,9-10,13,15H,3-4,7-8,11-12H2,1-2H3. The SMILES string of the molecule is Cc1ccc(S(=O)(=O)OCC(=O)CC2CCC(C)CC2)cc1. The van der Waals surface area contributed by atoms with Gasteiger partial charge < -0.3 is 0 Å². The molecule has 0 radical (unpaired) electrons. The topological polar surface area (TPSA) is 60.4 Å². The molecule has 0 N–H and O–H groups in total. The third-order valence-electron chi connectivity index (χ3n) is 4.34. The van der Waals surface area contributed by atoms with Crippen LogP contribution in [0.15, 0.2) is 29.2 Å². The van der Waals surface area contributed by atoms with Crippen LogP contribution in [0.2, 0.25) is 0 Å². The molecule has 0 aromatic heterocycles. The zero-order valence-electron chi connectivity index (χ0n) is 13.2. The molecule has 0 heterocycles. The number of carbonyl (C=O) groups excluding carboxylic acids is 1. The molecule has 0 spiro atoms. The minimum Gasteiger partial charge on any atom is -0.297 e. The van der Waals surface area contributed by atoms with Gasteiger partial charge in [0.2, 0.25) is 0 Å². The Morgan fingerprint density at radius 3 is 2.32 bits per heavy atom. The van der Waals surface area contributed by atoms with Crippen LogP contribution in [0.5, 0.6) is 0 Å². The van der Waals surface area contributed by atoms with Crippen molar-refractivity contribution in [3.63, 3.8) is 0 Å². The number of Topliss-reactive ketones (excluding diaryl/α,β-unsaturated/α-hetero) is 1. The Balaban J connectivity index is 1.83. The molecular weight excluding hydrogens is 300 g/mol. The van der Waals surface area contributed by atoms with Gasteiger partial charge in [0.1, 0.15) is 6.61 Å². The van der Waals surface area contributed by atoms with Gasteiger partial charge >= 0.3 is 0 Å². The van der Waals surface area contributed by atoms with Crippen molar-refractivity contribution in [3.05, 3.63) is 29.8 Å². The van der Waals surface area contributed by atoms with Crippen molar-refractivity contribution in [2.24, 2.45) is 11.8 Å². The van der Waals surface area contributed by atoms with Crippen molar-refractivity contribution in [1.29, 1.82) is 0 Å². The fraction of sp³-hybridized carbons (Fsp3) is 0.588. The minimum atomic E-state index is -3.84. The maximum absolute atomic E-state index is 12.0. The Morgan fingerprint density at radius 2 is 1.73 bits per heavy atom. The van der Waals surface area contributed by atoms with Crippen LogP contribution in [0.4, 0.5) is 0 Å². The number of hydrogen-bond acceptors (Lipinski definition) is 4. The van der Waals surface area contributed by atoms with Gasteiger partial charge in [-0.2, -0.15) is 8.42 Å². The lowest BCUT2D eigenvalue weighted by Crippen LogP contribution is -2.20. The summed E-state index contributed by atoms with van der Waals surface area (Å²) in [5.41, 5.74) is 0.974. The number of benzene rings is 1. The van der Waals surface area contributed by atoms with Gasteiger partial charge in [0, 0.05) is 6.42 Å². The fourth-order valence-corrected chi connectivity index (χ4v) is 3.72. The predicted molar refractivity (Wildman–Crippen MR) is 85.1 cm³/mol. The van der Waals surface area contributed by atoms with Crippen LogP contribution >= 0.6 is 0 Å². The van der Waals surface area contributed by atoms with Crippen molar-refractivity contribution in [1.82, 2.24) is 0 Å². The molecule has 5 heteroatoms. The molecule has 4 nitrogen and oxygen atoms in total. The number of hydrogen-bond donors (Lipinski definition) is 0. The van der Waals surface area contributed by atoms with Crippen LogP contribution in [0, 0.1) is 18.8 Å². The summed E-state index contributed by atoms with van der Waals surface area (Å²) in [6.07, 6.45) is 4.84. The molecule has 0 unspecified atom stereocenters. The molecule has 0 bridgehead atoms. The second kappa shape index (κ2) is 7.38. The Kier molecular flexibility index (Phi) is 5.75. The number of carbonyl (C=O) groups is 1. The van der Waals surface area contributed by atoms with Crippen LogP contribution in [0.1, 0.15) is 44.6 Å². The molecule has 0 saturated heterocycles. The highest BCUT2D eigenvalue weighted by Gasteiger charge is 2.22. The summed E-state index contributed by atoms with van der Waals surface area (Å²) in [6.45, 7) is 3.75. The number of rotatable bonds is 6. The average Bonchev–Trinajstić information content (AvgIpc) is 2.48. The molecule has 122 valence electrons. The Morgan fingerprint density at radius 1 is 1.14 bits per heavy atom. The molecule has 0 amide bonds. The summed E-state index contributed by atoms with van der Waals surface area (Å²) in [5, 5.41) is 0. The van der Waals surface area contributed by atoms with Gasteiger partial charge in [-0.3, -0.25) is 8.98 Å². The molecule has 0 atom stereocenters. The van der Waals surface area contributed by atoms with Crippen LogP contribution < -0.4 is 0 Å². The Bertz CT molecular complexity index is 596. The first-order valence-electron chi connectivity index (χ1n) is 7.84. The summed E-state index contributed by atoms with van der Waals surface area (Å²) >= 11 is 0. The number of aryl methyl sites for hydroxylation is 1. The third kappa shape index (κ3) is 4.92. The van der Waals surface area contributed by atoms with Crippen molar-refractivity contribution in [2.45, 2.75) is 50.8 Å². The second-order valence-electron chi connectivity index (χ2n) is 6.40. The summed E-state index contributed by atoms with van der Waals surface area (Å²) in [7, 11) is -3.84. The molecule has 2 rings (SSSR count). The van der Waals surface area contributed by atoms with E-state index in [0.717, 1.165) is 37.2 Å². The summed E-state index contributed by atoms with van der Waals surface area (Å²) < 4.78 is 28.9. The van der Waals surface area contributed by atoms with E-state index in [1.165, 1.54) is 12.1 Å². The first-order chi connectivity index (χ1) is 10.4. The van der Waals surface area contributed by atoms with E-state index in [0.29, 0.717) is 12.3 Å². The van der Waals surface area contributed by atoms with Crippen molar-refractivity contribution >= 4 is 15.9 Å². The smallest absolute Gasteiger partial charge is 0.297 e. The highest BCUT2D eigenvalue weighted by Crippen LogP contribution is 2.30. The third-order valence-corrected chi connectivity index (χ3v) is 5.61. The molecule has 0 aliphatic heterocycles. The maximum atomic E-state index is 12.0. The monoisotopic (exact) mass is 324 g/mol. The van der Waals surface area contributed by atoms with Crippen molar-refractivity contribution < 1.29 is 17.4 Å². The van der Waals surface area contributed by atoms with Gasteiger partial charge in [-0.1, -0.05) is 37.5 Å². The Labute approximate surface area is 133 Å². The summed E-state index contributed by atoms with van der Waals surface area (Å²) in [4.78, 5) is 12.0. The first kappa shape index (κ1) is 17.2.